The molecule has 4 aromatic carbocycles. The van der Waals surface area contributed by atoms with E-state index in [2.05, 4.69) is 69.6 Å². The van der Waals surface area contributed by atoms with E-state index in [9.17, 15) is 24.3 Å². The quantitative estimate of drug-likeness (QED) is 0.0550. The summed E-state index contributed by atoms with van der Waals surface area (Å²) in [4.78, 5) is 49.4. The number of alkyl carbamates (subject to hydrolysis) is 2. The van der Waals surface area contributed by atoms with Crippen molar-refractivity contribution in [2.24, 2.45) is 0 Å². The zero-order valence-corrected chi connectivity index (χ0v) is 36.0. The molecule has 0 aliphatic heterocycles. The minimum atomic E-state index is -0.963. The van der Waals surface area contributed by atoms with Crippen LogP contribution in [0.25, 0.3) is 22.3 Å². The number of amides is 2. The van der Waals surface area contributed by atoms with Gasteiger partial charge in [0.25, 0.3) is 0 Å². The van der Waals surface area contributed by atoms with Gasteiger partial charge in [-0.3, -0.25) is 0 Å². The van der Waals surface area contributed by atoms with Crippen molar-refractivity contribution >= 4 is 46.7 Å². The smallest absolute Gasteiger partial charge is 0.407 e. The Hall–Kier alpha value is -4.95. The first-order valence-corrected chi connectivity index (χ1v) is 21.0. The Bertz CT molecular complexity index is 1830. The normalized spacial score (nSPS) is 13.9. The molecule has 11 nitrogen and oxygen atoms in total. The number of aliphatic hydroxyl groups excluding tert-OH is 1. The second-order valence-electron chi connectivity index (χ2n) is 16.1. The number of hydrogen-bond donors (Lipinski definition) is 3. The Labute approximate surface area is 354 Å². The number of halogens is 1. The fourth-order valence-electron chi connectivity index (χ4n) is 7.05. The Morgan fingerprint density at radius 2 is 0.879 bits per heavy atom. The van der Waals surface area contributed by atoms with E-state index in [1.165, 1.54) is 11.1 Å². The van der Waals surface area contributed by atoms with Crippen molar-refractivity contribution in [1.82, 2.24) is 10.6 Å². The second-order valence-corrected chi connectivity index (χ2v) is 17.2. The van der Waals surface area contributed by atoms with Crippen LogP contribution in [0.3, 0.4) is 0 Å². The molecule has 0 saturated carbocycles. The minimum Gasteiger partial charge on any atom is -0.458 e. The molecule has 0 unspecified atom stereocenters. The van der Waals surface area contributed by atoms with E-state index >= 15 is 0 Å². The van der Waals surface area contributed by atoms with Crippen LogP contribution in [0.2, 0.25) is 0 Å². The zero-order valence-electron chi connectivity index (χ0n) is 33.9. The Kier molecular flexibility index (Phi) is 15.0. The molecule has 2 atom stereocenters. The fraction of sp³-hybridized carbons (Fsp3) is 0.391. The molecule has 0 heterocycles. The molecular weight excluding hydrogens is 851 g/mol. The number of carbonyl (C=O) groups is 4. The summed E-state index contributed by atoms with van der Waals surface area (Å²) in [6.45, 7) is 10.8. The molecule has 6 rings (SSSR count). The third-order valence-corrected chi connectivity index (χ3v) is 10.1. The largest absolute Gasteiger partial charge is 0.458 e. The predicted molar refractivity (Wildman–Crippen MR) is 231 cm³/mol. The molecule has 12 heteroatoms. The molecule has 58 heavy (non-hydrogen) atoms. The first kappa shape index (κ1) is 44.2. The van der Waals surface area contributed by atoms with E-state index in [1.807, 2.05) is 60.7 Å². The van der Waals surface area contributed by atoms with Crippen LogP contribution in [0.1, 0.15) is 88.5 Å². The van der Waals surface area contributed by atoms with Gasteiger partial charge in [-0.25, -0.2) is 19.2 Å². The summed E-state index contributed by atoms with van der Waals surface area (Å²) in [7, 11) is 0. The van der Waals surface area contributed by atoms with Gasteiger partial charge in [0.1, 0.15) is 36.5 Å². The maximum atomic E-state index is 12.4. The van der Waals surface area contributed by atoms with Gasteiger partial charge in [0.15, 0.2) is 0 Å². The number of alkyl halides is 1. The number of esters is 2. The van der Waals surface area contributed by atoms with Crippen molar-refractivity contribution in [3.63, 3.8) is 0 Å². The van der Waals surface area contributed by atoms with E-state index in [0.717, 1.165) is 33.4 Å². The van der Waals surface area contributed by atoms with Crippen LogP contribution in [0, 0.1) is 0 Å². The lowest BCUT2D eigenvalue weighted by Crippen LogP contribution is -2.45. The Morgan fingerprint density at radius 3 is 1.17 bits per heavy atom. The van der Waals surface area contributed by atoms with Crippen molar-refractivity contribution in [3.05, 3.63) is 119 Å². The van der Waals surface area contributed by atoms with Crippen LogP contribution in [0.15, 0.2) is 97.1 Å². The molecule has 0 spiro atoms. The summed E-state index contributed by atoms with van der Waals surface area (Å²) in [5, 5.41) is 14.4. The van der Waals surface area contributed by atoms with Crippen LogP contribution in [0.5, 0.6) is 0 Å². The van der Waals surface area contributed by atoms with Gasteiger partial charge >= 0.3 is 24.1 Å². The number of hydrogen-bond acceptors (Lipinski definition) is 9. The summed E-state index contributed by atoms with van der Waals surface area (Å²) in [5.74, 6) is -1.12. The van der Waals surface area contributed by atoms with Crippen LogP contribution in [-0.4, -0.2) is 76.8 Å². The lowest BCUT2D eigenvalue weighted by molar-refractivity contribution is -0.158. The van der Waals surface area contributed by atoms with Gasteiger partial charge in [-0.05, 0) is 92.5 Å². The van der Waals surface area contributed by atoms with Gasteiger partial charge < -0.3 is 34.7 Å². The van der Waals surface area contributed by atoms with Crippen LogP contribution < -0.4 is 10.6 Å². The molecule has 0 aromatic heterocycles. The average Bonchev–Trinajstić information content (AvgIpc) is 3.67. The first-order chi connectivity index (χ1) is 27.6. The molecule has 308 valence electrons. The van der Waals surface area contributed by atoms with Crippen molar-refractivity contribution < 1.29 is 43.2 Å². The topological polar surface area (TPSA) is 149 Å². The van der Waals surface area contributed by atoms with E-state index in [4.69, 9.17) is 18.9 Å². The van der Waals surface area contributed by atoms with Gasteiger partial charge in [-0.15, -0.1) is 0 Å². The number of ether oxygens (including phenoxy) is 4. The lowest BCUT2D eigenvalue weighted by atomic mass is 9.98. The summed E-state index contributed by atoms with van der Waals surface area (Å²) in [5.41, 5.74) is 7.86. The third kappa shape index (κ3) is 11.6. The van der Waals surface area contributed by atoms with E-state index in [1.54, 1.807) is 41.5 Å². The molecule has 0 bridgehead atoms. The Morgan fingerprint density at radius 1 is 0.569 bits per heavy atom. The average molecular weight is 905 g/mol. The monoisotopic (exact) mass is 904 g/mol. The standard InChI is InChI=1S/C23H26INO4.C23H27NO5/c1-23(2,3)29-21(26)20(12-13-24)25-22(27)28-14-19-17-10-6-4-8-15(17)16-9-5-7-11-18(16)19;1-23(2,3)29-21(26)20(12-13-25)24-22(27)28-14-19-17-10-6-4-8-15(17)16-9-5-7-11-18(16)19/h4-11,19-20H,12-14H2,1-3H3,(H,25,27);4-11,19-20,25H,12-14H2,1-3H3,(H,24,27)/t2*20-/m00/s1. The zero-order chi connectivity index (χ0) is 42.0. The highest BCUT2D eigenvalue weighted by Crippen LogP contribution is 2.45. The summed E-state index contributed by atoms with van der Waals surface area (Å²) < 4.78 is 22.4. The molecule has 2 aliphatic rings. The van der Waals surface area contributed by atoms with Crippen LogP contribution >= 0.6 is 22.6 Å². The van der Waals surface area contributed by atoms with Gasteiger partial charge in [0.05, 0.1) is 0 Å². The highest BCUT2D eigenvalue weighted by atomic mass is 127. The number of nitrogens with one attached hydrogen (secondary N) is 2. The number of fused-ring (bicyclic) bond motifs is 6. The predicted octanol–water partition coefficient (Wildman–Crippen LogP) is 8.68. The molecule has 0 fully saturated rings. The summed E-state index contributed by atoms with van der Waals surface area (Å²) in [6, 6.07) is 30.8. The fourth-order valence-corrected chi connectivity index (χ4v) is 7.67. The molecule has 0 radical (unpaired) electrons. The number of benzene rings is 4. The third-order valence-electron chi connectivity index (χ3n) is 9.47. The van der Waals surface area contributed by atoms with E-state index < -0.39 is 47.4 Å². The highest BCUT2D eigenvalue weighted by molar-refractivity contribution is 14.1. The molecule has 4 aromatic rings. The highest BCUT2D eigenvalue weighted by Gasteiger charge is 2.33. The van der Waals surface area contributed by atoms with Gasteiger partial charge in [0, 0.05) is 29.3 Å². The van der Waals surface area contributed by atoms with E-state index in [0.29, 0.717) is 10.8 Å². The summed E-state index contributed by atoms with van der Waals surface area (Å²) >= 11 is 2.17. The lowest BCUT2D eigenvalue weighted by Gasteiger charge is -2.24. The maximum absolute atomic E-state index is 12.4. The Balaban J connectivity index is 0.000000221. The minimum absolute atomic E-state index is 0.0160. The molecule has 2 amide bonds. The van der Waals surface area contributed by atoms with Crippen LogP contribution in [-0.2, 0) is 28.5 Å². The number of rotatable bonds is 12. The molecule has 0 saturated heterocycles. The molecular formula is C46H53IN2O9. The van der Waals surface area contributed by atoms with Crippen LogP contribution in [0.4, 0.5) is 9.59 Å². The van der Waals surface area contributed by atoms with Crippen molar-refractivity contribution in [1.29, 1.82) is 0 Å². The van der Waals surface area contributed by atoms with Gasteiger partial charge in [-0.1, -0.05) is 120 Å². The molecule has 3 N–H and O–H groups in total. The van der Waals surface area contributed by atoms with E-state index in [-0.39, 0.29) is 38.1 Å². The SMILES string of the molecule is CC(C)(C)OC(=O)[C@H](CCI)NC(=O)OCC1c2ccccc2-c2ccccc21.CC(C)(C)OC(=O)[C@H](CCO)NC(=O)OCC1c2ccccc2-c2ccccc21. The number of aliphatic hydroxyl groups is 1. The van der Waals surface area contributed by atoms with Crippen molar-refractivity contribution in [2.75, 3.05) is 24.2 Å². The van der Waals surface area contributed by atoms with Gasteiger partial charge in [-0.2, -0.15) is 0 Å². The van der Waals surface area contributed by atoms with Crippen molar-refractivity contribution in [3.8, 4) is 22.3 Å². The molecule has 2 aliphatic carbocycles. The second kappa shape index (κ2) is 19.7. The first-order valence-electron chi connectivity index (χ1n) is 19.5. The maximum Gasteiger partial charge on any atom is 0.407 e. The van der Waals surface area contributed by atoms with Crippen molar-refractivity contribution in [2.45, 2.75) is 89.5 Å². The summed E-state index contributed by atoms with van der Waals surface area (Å²) in [6.07, 6.45) is -0.776. The number of carbonyl (C=O) groups excluding carboxylic acids is 4. The van der Waals surface area contributed by atoms with Gasteiger partial charge in [0.2, 0.25) is 0 Å².